The van der Waals surface area contributed by atoms with Crippen molar-refractivity contribution in [2.45, 2.75) is 187 Å². The second-order valence-electron chi connectivity index (χ2n) is 11.9. The molecular formula is C35H69NO4. The molecule has 0 aliphatic heterocycles. The predicted octanol–water partition coefficient (Wildman–Crippen LogP) is 9.89. The fourth-order valence-electron chi connectivity index (χ4n) is 5.04. The van der Waals surface area contributed by atoms with Gasteiger partial charge in [-0.25, -0.2) is 0 Å². The van der Waals surface area contributed by atoms with Crippen molar-refractivity contribution in [2.24, 2.45) is 0 Å². The van der Waals surface area contributed by atoms with Crippen LogP contribution in [-0.2, 0) is 19.1 Å². The molecular weight excluding hydrogens is 498 g/mol. The Bertz CT molecular complexity index is 539. The summed E-state index contributed by atoms with van der Waals surface area (Å²) in [4.78, 5) is 24.7. The Kier molecular flexibility index (Phi) is 31.8. The summed E-state index contributed by atoms with van der Waals surface area (Å²) in [7, 11) is 0. The summed E-state index contributed by atoms with van der Waals surface area (Å²) in [5, 5.41) is 2.83. The summed E-state index contributed by atoms with van der Waals surface area (Å²) in [6.07, 6.45) is 29.9. The zero-order chi connectivity index (χ0) is 29.4. The van der Waals surface area contributed by atoms with Crippen LogP contribution in [0.25, 0.3) is 0 Å². The van der Waals surface area contributed by atoms with E-state index in [2.05, 4.69) is 26.1 Å². The monoisotopic (exact) mass is 568 g/mol. The highest BCUT2D eigenvalue weighted by atomic mass is 16.5. The Morgan fingerprint density at radius 3 is 1.40 bits per heavy atom. The number of rotatable bonds is 33. The molecule has 0 aromatic heterocycles. The molecule has 0 bridgehead atoms. The number of ether oxygens (including phenoxy) is 2. The second kappa shape index (κ2) is 32.6. The number of unbranched alkanes of at least 4 members (excludes halogenated alkanes) is 21. The van der Waals surface area contributed by atoms with E-state index in [0.717, 1.165) is 38.7 Å². The van der Waals surface area contributed by atoms with Gasteiger partial charge < -0.3 is 14.8 Å². The van der Waals surface area contributed by atoms with Crippen molar-refractivity contribution in [2.75, 3.05) is 26.4 Å². The maximum absolute atomic E-state index is 12.4. The Balaban J connectivity index is 4.17. The van der Waals surface area contributed by atoms with E-state index < -0.39 is 5.91 Å². The molecule has 1 amide bonds. The largest absolute Gasteiger partial charge is 0.379 e. The SMILES string of the molecule is CCCCCCCCCCOC[C@H](CNC(=O)C(=O)CCCCCCCCCC)OCCCCCCCCCC. The van der Waals surface area contributed by atoms with Gasteiger partial charge in [-0.3, -0.25) is 9.59 Å². The molecule has 0 fully saturated rings. The number of nitrogens with one attached hydrogen (secondary N) is 1. The van der Waals surface area contributed by atoms with E-state index in [4.69, 9.17) is 9.47 Å². The highest BCUT2D eigenvalue weighted by Crippen LogP contribution is 2.11. The number of amides is 1. The van der Waals surface area contributed by atoms with E-state index in [0.29, 0.717) is 26.2 Å². The van der Waals surface area contributed by atoms with E-state index in [1.807, 2.05) is 0 Å². The first kappa shape index (κ1) is 39.1. The first-order valence-corrected chi connectivity index (χ1v) is 17.7. The molecule has 238 valence electrons. The number of hydrogen-bond acceptors (Lipinski definition) is 4. The van der Waals surface area contributed by atoms with Crippen LogP contribution in [0.1, 0.15) is 181 Å². The molecule has 0 heterocycles. The zero-order valence-electron chi connectivity index (χ0n) is 27.2. The van der Waals surface area contributed by atoms with E-state index in [-0.39, 0.29) is 11.9 Å². The topological polar surface area (TPSA) is 64.6 Å². The summed E-state index contributed by atoms with van der Waals surface area (Å²) in [5.41, 5.74) is 0. The average molecular weight is 568 g/mol. The van der Waals surface area contributed by atoms with Gasteiger partial charge in [0.05, 0.1) is 12.7 Å². The van der Waals surface area contributed by atoms with Crippen LogP contribution in [0.2, 0.25) is 0 Å². The Morgan fingerprint density at radius 1 is 0.525 bits per heavy atom. The molecule has 0 unspecified atom stereocenters. The third-order valence-corrected chi connectivity index (χ3v) is 7.80. The molecule has 0 rings (SSSR count). The van der Waals surface area contributed by atoms with Crippen LogP contribution in [0.3, 0.4) is 0 Å². The van der Waals surface area contributed by atoms with Crippen molar-refractivity contribution in [3.05, 3.63) is 0 Å². The fraction of sp³-hybridized carbons (Fsp3) is 0.943. The average Bonchev–Trinajstić information content (AvgIpc) is 2.96. The number of hydrogen-bond donors (Lipinski definition) is 1. The van der Waals surface area contributed by atoms with Crippen molar-refractivity contribution < 1.29 is 19.1 Å². The molecule has 5 nitrogen and oxygen atoms in total. The normalized spacial score (nSPS) is 12.1. The quantitative estimate of drug-likeness (QED) is 0.0633. The van der Waals surface area contributed by atoms with Crippen molar-refractivity contribution >= 4 is 11.7 Å². The van der Waals surface area contributed by atoms with Gasteiger partial charge in [-0.15, -0.1) is 0 Å². The molecule has 0 radical (unpaired) electrons. The number of Topliss-reactive ketones (excluding diaryl/α,β-unsaturated/α-hetero) is 1. The molecule has 0 saturated carbocycles. The van der Waals surface area contributed by atoms with E-state index >= 15 is 0 Å². The Labute approximate surface area is 249 Å². The molecule has 0 aliphatic rings. The van der Waals surface area contributed by atoms with Gasteiger partial charge in [-0.2, -0.15) is 0 Å². The lowest BCUT2D eigenvalue weighted by Gasteiger charge is -2.19. The van der Waals surface area contributed by atoms with Gasteiger partial charge in [0.15, 0.2) is 0 Å². The highest BCUT2D eigenvalue weighted by Gasteiger charge is 2.16. The minimum absolute atomic E-state index is 0.196. The van der Waals surface area contributed by atoms with Gasteiger partial charge in [0.1, 0.15) is 0 Å². The molecule has 1 atom stereocenters. The summed E-state index contributed by atoms with van der Waals surface area (Å²) >= 11 is 0. The maximum Gasteiger partial charge on any atom is 0.287 e. The van der Waals surface area contributed by atoms with Crippen LogP contribution in [0.4, 0.5) is 0 Å². The fourth-order valence-corrected chi connectivity index (χ4v) is 5.04. The molecule has 5 heteroatoms. The third kappa shape index (κ3) is 28.6. The first-order chi connectivity index (χ1) is 19.7. The Morgan fingerprint density at radius 2 is 0.925 bits per heavy atom. The molecule has 0 aromatic carbocycles. The first-order valence-electron chi connectivity index (χ1n) is 17.7. The summed E-state index contributed by atoms with van der Waals surface area (Å²) in [6.45, 7) is 8.97. The van der Waals surface area contributed by atoms with Crippen molar-refractivity contribution in [1.82, 2.24) is 5.32 Å². The zero-order valence-corrected chi connectivity index (χ0v) is 27.2. The van der Waals surface area contributed by atoms with Crippen molar-refractivity contribution in [1.29, 1.82) is 0 Å². The standard InChI is InChI=1S/C35H69NO4/c1-4-7-10-13-16-19-22-25-28-34(37)35(38)36-31-33(40-30-27-24-21-18-15-12-9-6-3)32-39-29-26-23-20-17-14-11-8-5-2/h33H,4-32H2,1-3H3,(H,36,38)/t33-/m0/s1. The van der Waals surface area contributed by atoms with Crippen LogP contribution in [0, 0.1) is 0 Å². The summed E-state index contributed by atoms with van der Waals surface area (Å²) in [5.74, 6) is -0.764. The van der Waals surface area contributed by atoms with Gasteiger partial charge in [0.2, 0.25) is 5.78 Å². The van der Waals surface area contributed by atoms with Crippen molar-refractivity contribution in [3.8, 4) is 0 Å². The molecule has 1 N–H and O–H groups in total. The van der Waals surface area contributed by atoms with Crippen LogP contribution in [0.5, 0.6) is 0 Å². The van der Waals surface area contributed by atoms with Gasteiger partial charge in [-0.05, 0) is 19.3 Å². The number of ketones is 1. The molecule has 0 saturated heterocycles. The van der Waals surface area contributed by atoms with E-state index in [9.17, 15) is 9.59 Å². The van der Waals surface area contributed by atoms with Crippen molar-refractivity contribution in [3.63, 3.8) is 0 Å². The van der Waals surface area contributed by atoms with Crippen LogP contribution in [-0.4, -0.2) is 44.2 Å². The second-order valence-corrected chi connectivity index (χ2v) is 11.9. The lowest BCUT2D eigenvalue weighted by Crippen LogP contribution is -2.39. The van der Waals surface area contributed by atoms with Gasteiger partial charge >= 0.3 is 0 Å². The lowest BCUT2D eigenvalue weighted by molar-refractivity contribution is -0.138. The van der Waals surface area contributed by atoms with Crippen LogP contribution < -0.4 is 5.32 Å². The third-order valence-electron chi connectivity index (χ3n) is 7.80. The van der Waals surface area contributed by atoms with E-state index in [1.54, 1.807) is 0 Å². The number of carbonyl (C=O) groups is 2. The molecule has 0 aliphatic carbocycles. The lowest BCUT2D eigenvalue weighted by atomic mass is 10.1. The smallest absolute Gasteiger partial charge is 0.287 e. The van der Waals surface area contributed by atoms with Gasteiger partial charge in [0.25, 0.3) is 5.91 Å². The minimum atomic E-state index is -0.466. The highest BCUT2D eigenvalue weighted by molar-refractivity contribution is 6.36. The number of carbonyl (C=O) groups excluding carboxylic acids is 2. The molecule has 0 aromatic rings. The van der Waals surface area contributed by atoms with Crippen LogP contribution >= 0.6 is 0 Å². The predicted molar refractivity (Wildman–Crippen MR) is 171 cm³/mol. The molecule has 0 spiro atoms. The van der Waals surface area contributed by atoms with Gasteiger partial charge in [-0.1, -0.05) is 156 Å². The van der Waals surface area contributed by atoms with Gasteiger partial charge in [0, 0.05) is 26.2 Å². The summed E-state index contributed by atoms with van der Waals surface area (Å²) < 4.78 is 12.0. The van der Waals surface area contributed by atoms with E-state index in [1.165, 1.54) is 122 Å². The minimum Gasteiger partial charge on any atom is -0.379 e. The summed E-state index contributed by atoms with van der Waals surface area (Å²) in [6, 6.07) is 0. The maximum atomic E-state index is 12.4. The Hall–Kier alpha value is -0.940. The van der Waals surface area contributed by atoms with Crippen LogP contribution in [0.15, 0.2) is 0 Å². The molecule has 40 heavy (non-hydrogen) atoms.